The van der Waals surface area contributed by atoms with Crippen LogP contribution in [-0.4, -0.2) is 38.9 Å². The van der Waals surface area contributed by atoms with Crippen LogP contribution < -0.4 is 10.6 Å². The highest BCUT2D eigenvalue weighted by atomic mass is 16.5. The second-order valence-electron chi connectivity index (χ2n) is 6.37. The molecule has 2 fully saturated rings. The average Bonchev–Trinajstić information content (AvgIpc) is 2.40. The Hall–Kier alpha value is -0.120. The van der Waals surface area contributed by atoms with Gasteiger partial charge in [-0.05, 0) is 44.2 Å². The fraction of sp³-hybridized carbons (Fsp3) is 1.00. The van der Waals surface area contributed by atoms with Crippen LogP contribution in [0.25, 0.3) is 0 Å². The Morgan fingerprint density at radius 2 is 1.89 bits per heavy atom. The molecule has 1 aliphatic carbocycles. The van der Waals surface area contributed by atoms with Gasteiger partial charge in [0.25, 0.3) is 0 Å². The van der Waals surface area contributed by atoms with Crippen LogP contribution in [0.2, 0.25) is 0 Å². The molecule has 1 saturated heterocycles. The first-order valence-electron chi connectivity index (χ1n) is 7.82. The zero-order chi connectivity index (χ0) is 12.7. The van der Waals surface area contributed by atoms with E-state index in [0.29, 0.717) is 11.5 Å². The van der Waals surface area contributed by atoms with Crippen molar-refractivity contribution >= 4 is 0 Å². The summed E-state index contributed by atoms with van der Waals surface area (Å²) in [5.74, 6) is 0. The number of ether oxygens (including phenoxy) is 1. The van der Waals surface area contributed by atoms with Crippen molar-refractivity contribution in [3.05, 3.63) is 0 Å². The van der Waals surface area contributed by atoms with E-state index < -0.39 is 0 Å². The van der Waals surface area contributed by atoms with E-state index in [1.807, 2.05) is 0 Å². The van der Waals surface area contributed by atoms with E-state index in [-0.39, 0.29) is 0 Å². The van der Waals surface area contributed by atoms with E-state index >= 15 is 0 Å². The summed E-state index contributed by atoms with van der Waals surface area (Å²) in [5.41, 5.74) is 0.549. The maximum absolute atomic E-state index is 5.90. The topological polar surface area (TPSA) is 33.3 Å². The molecule has 3 heteroatoms. The molecule has 2 rings (SSSR count). The molecule has 0 aromatic heterocycles. The molecule has 0 amide bonds. The highest BCUT2D eigenvalue weighted by Gasteiger charge is 2.25. The van der Waals surface area contributed by atoms with Crippen LogP contribution in [-0.2, 0) is 4.74 Å². The predicted molar refractivity (Wildman–Crippen MR) is 75.9 cm³/mol. The van der Waals surface area contributed by atoms with Crippen molar-refractivity contribution in [3.8, 4) is 0 Å². The number of rotatable bonds is 6. The van der Waals surface area contributed by atoms with E-state index in [1.165, 1.54) is 51.5 Å². The lowest BCUT2D eigenvalue weighted by Gasteiger charge is -2.34. The van der Waals surface area contributed by atoms with Crippen LogP contribution in [0.5, 0.6) is 0 Å². The van der Waals surface area contributed by atoms with Crippen molar-refractivity contribution < 1.29 is 4.74 Å². The number of piperidine rings is 1. The zero-order valence-corrected chi connectivity index (χ0v) is 12.0. The Morgan fingerprint density at radius 1 is 1.17 bits per heavy atom. The molecule has 0 aromatic carbocycles. The smallest absolute Gasteiger partial charge is 0.0600 e. The van der Waals surface area contributed by atoms with Gasteiger partial charge < -0.3 is 15.4 Å². The third kappa shape index (κ3) is 4.87. The zero-order valence-electron chi connectivity index (χ0n) is 12.0. The fourth-order valence-electron chi connectivity index (χ4n) is 3.23. The largest absolute Gasteiger partial charge is 0.377 e. The van der Waals surface area contributed by atoms with Gasteiger partial charge in [0, 0.05) is 13.1 Å². The Labute approximate surface area is 112 Å². The van der Waals surface area contributed by atoms with Crippen LogP contribution in [0, 0.1) is 5.41 Å². The van der Waals surface area contributed by atoms with Gasteiger partial charge in [0.15, 0.2) is 0 Å². The molecule has 1 saturated carbocycles. The minimum atomic E-state index is 0.498. The third-order valence-corrected chi connectivity index (χ3v) is 4.53. The minimum Gasteiger partial charge on any atom is -0.377 e. The number of nitrogens with one attached hydrogen (secondary N) is 2. The second kappa shape index (κ2) is 7.46. The minimum absolute atomic E-state index is 0.498. The summed E-state index contributed by atoms with van der Waals surface area (Å²) >= 11 is 0. The van der Waals surface area contributed by atoms with Gasteiger partial charge in [-0.15, -0.1) is 0 Å². The van der Waals surface area contributed by atoms with E-state index in [1.54, 1.807) is 0 Å². The lowest BCUT2D eigenvalue weighted by Crippen LogP contribution is -2.37. The lowest BCUT2D eigenvalue weighted by atomic mass is 9.76. The molecule has 1 heterocycles. The highest BCUT2D eigenvalue weighted by molar-refractivity contribution is 4.80. The summed E-state index contributed by atoms with van der Waals surface area (Å²) in [4.78, 5) is 0. The quantitative estimate of drug-likeness (QED) is 0.714. The summed E-state index contributed by atoms with van der Waals surface area (Å²) in [6.07, 6.45) is 9.93. The molecular formula is C15H30N2O. The lowest BCUT2D eigenvalue weighted by molar-refractivity contribution is 0.0335. The highest BCUT2D eigenvalue weighted by Crippen LogP contribution is 2.34. The summed E-state index contributed by atoms with van der Waals surface area (Å²) < 4.78 is 5.90. The second-order valence-corrected chi connectivity index (χ2v) is 6.37. The van der Waals surface area contributed by atoms with Gasteiger partial charge >= 0.3 is 0 Å². The van der Waals surface area contributed by atoms with Crippen LogP contribution >= 0.6 is 0 Å². The van der Waals surface area contributed by atoms with Crippen molar-refractivity contribution in [2.24, 2.45) is 5.41 Å². The summed E-state index contributed by atoms with van der Waals surface area (Å²) in [6.45, 7) is 7.74. The summed E-state index contributed by atoms with van der Waals surface area (Å²) in [7, 11) is 0. The predicted octanol–water partition coefficient (Wildman–Crippen LogP) is 2.31. The van der Waals surface area contributed by atoms with Gasteiger partial charge in [-0.2, -0.15) is 0 Å². The fourth-order valence-corrected chi connectivity index (χ4v) is 3.23. The standard InChI is InChI=1S/C15H30N2O/c1-15(7-3-2-4-8-15)13-17-11-12-18-14-5-9-16-10-6-14/h14,16-17H,2-13H2,1H3. The monoisotopic (exact) mass is 254 g/mol. The first-order valence-corrected chi connectivity index (χ1v) is 7.82. The van der Waals surface area contributed by atoms with Crippen LogP contribution in [0.3, 0.4) is 0 Å². The summed E-state index contributed by atoms with van der Waals surface area (Å²) in [5, 5.41) is 6.96. The molecule has 2 N–H and O–H groups in total. The molecule has 3 nitrogen and oxygen atoms in total. The van der Waals surface area contributed by atoms with Crippen molar-refractivity contribution in [2.75, 3.05) is 32.8 Å². The SMILES string of the molecule is CC1(CNCCOC2CCNCC2)CCCCC1. The van der Waals surface area contributed by atoms with Crippen molar-refractivity contribution in [1.29, 1.82) is 0 Å². The molecule has 0 unspecified atom stereocenters. The Morgan fingerprint density at radius 3 is 2.61 bits per heavy atom. The van der Waals surface area contributed by atoms with Crippen LogP contribution in [0.1, 0.15) is 51.9 Å². The summed E-state index contributed by atoms with van der Waals surface area (Å²) in [6, 6.07) is 0. The van der Waals surface area contributed by atoms with E-state index in [9.17, 15) is 0 Å². The number of hydrogen-bond donors (Lipinski definition) is 2. The third-order valence-electron chi connectivity index (χ3n) is 4.53. The van der Waals surface area contributed by atoms with Gasteiger partial charge in [0.2, 0.25) is 0 Å². The van der Waals surface area contributed by atoms with Crippen molar-refractivity contribution in [3.63, 3.8) is 0 Å². The Balaban J connectivity index is 1.50. The molecule has 2 aliphatic rings. The maximum atomic E-state index is 5.90. The van der Waals surface area contributed by atoms with Gasteiger partial charge in [0.05, 0.1) is 12.7 Å². The molecule has 106 valence electrons. The van der Waals surface area contributed by atoms with Gasteiger partial charge in [-0.25, -0.2) is 0 Å². The van der Waals surface area contributed by atoms with E-state index in [4.69, 9.17) is 4.74 Å². The van der Waals surface area contributed by atoms with Gasteiger partial charge in [0.1, 0.15) is 0 Å². The molecule has 0 bridgehead atoms. The Bertz CT molecular complexity index is 221. The molecule has 18 heavy (non-hydrogen) atoms. The first kappa shape index (κ1) is 14.3. The first-order chi connectivity index (χ1) is 8.79. The number of hydrogen-bond acceptors (Lipinski definition) is 3. The molecule has 0 spiro atoms. The van der Waals surface area contributed by atoms with Crippen molar-refractivity contribution in [2.45, 2.75) is 58.0 Å². The van der Waals surface area contributed by atoms with E-state index in [2.05, 4.69) is 17.6 Å². The Kier molecular flexibility index (Phi) is 5.93. The molecule has 1 aliphatic heterocycles. The normalized spacial score (nSPS) is 25.2. The van der Waals surface area contributed by atoms with E-state index in [0.717, 1.165) is 26.2 Å². The van der Waals surface area contributed by atoms with Crippen LogP contribution in [0.4, 0.5) is 0 Å². The van der Waals surface area contributed by atoms with Crippen molar-refractivity contribution in [1.82, 2.24) is 10.6 Å². The van der Waals surface area contributed by atoms with Gasteiger partial charge in [-0.3, -0.25) is 0 Å². The molecule has 0 radical (unpaired) electrons. The van der Waals surface area contributed by atoms with Crippen LogP contribution in [0.15, 0.2) is 0 Å². The molecule has 0 aromatic rings. The van der Waals surface area contributed by atoms with Gasteiger partial charge in [-0.1, -0.05) is 26.2 Å². The average molecular weight is 254 g/mol. The molecule has 0 atom stereocenters. The maximum Gasteiger partial charge on any atom is 0.0600 e. The molecular weight excluding hydrogens is 224 g/mol.